The summed E-state index contributed by atoms with van der Waals surface area (Å²) >= 11 is 6.27. The van der Waals surface area contributed by atoms with Gasteiger partial charge in [0.05, 0.1) is 33.9 Å². The average Bonchev–Trinajstić information content (AvgIpc) is 2.60. The second kappa shape index (κ2) is 7.24. The van der Waals surface area contributed by atoms with Crippen molar-refractivity contribution in [3.8, 4) is 5.69 Å². The molecule has 28 heavy (non-hydrogen) atoms. The number of hydrogen-bond donors (Lipinski definition) is 1. The third-order valence-electron chi connectivity index (χ3n) is 4.47. The largest absolute Gasteiger partial charge is 0.465 e. The van der Waals surface area contributed by atoms with Gasteiger partial charge in [-0.3, -0.25) is 19.2 Å². The van der Waals surface area contributed by atoms with Gasteiger partial charge in [0, 0.05) is 11.7 Å². The fourth-order valence-corrected chi connectivity index (χ4v) is 3.62. The van der Waals surface area contributed by atoms with Crippen LogP contribution in [0.15, 0.2) is 47.5 Å². The molecule has 146 valence electrons. The maximum atomic E-state index is 13.4. The highest BCUT2D eigenvalue weighted by Crippen LogP contribution is 2.29. The fourth-order valence-electron chi connectivity index (χ4n) is 3.37. The molecule has 1 atom stereocenters. The van der Waals surface area contributed by atoms with Crippen LogP contribution in [0.5, 0.6) is 0 Å². The van der Waals surface area contributed by atoms with Crippen LogP contribution in [-0.2, 0) is 0 Å². The van der Waals surface area contributed by atoms with E-state index in [-0.39, 0.29) is 16.0 Å². The summed E-state index contributed by atoms with van der Waals surface area (Å²) in [5.74, 6) is 0.296. The molecule has 0 aliphatic carbocycles. The first-order valence-corrected chi connectivity index (χ1v) is 9.14. The standard InChI is InChI=1S/C20H21ClN4O3/c1-12(25(19(27)28)20(2,3)4)17-23-15-9-5-8-14(21)16(15)18(26)24(17)13-7-6-10-22-11-13/h5-12H,1-4H3,(H,27,28). The zero-order valence-electron chi connectivity index (χ0n) is 16.0. The molecule has 8 heteroatoms. The van der Waals surface area contributed by atoms with Crippen molar-refractivity contribution in [1.29, 1.82) is 0 Å². The molecule has 2 aromatic heterocycles. The second-order valence-corrected chi connectivity index (χ2v) is 7.86. The van der Waals surface area contributed by atoms with Gasteiger partial charge in [0.1, 0.15) is 5.82 Å². The first kappa shape index (κ1) is 19.8. The highest BCUT2D eigenvalue weighted by molar-refractivity contribution is 6.35. The Morgan fingerprint density at radius 2 is 1.96 bits per heavy atom. The normalized spacial score (nSPS) is 12.8. The Morgan fingerprint density at radius 3 is 2.54 bits per heavy atom. The van der Waals surface area contributed by atoms with E-state index in [1.165, 1.54) is 15.7 Å². The van der Waals surface area contributed by atoms with Crippen molar-refractivity contribution >= 4 is 28.6 Å². The van der Waals surface area contributed by atoms with Gasteiger partial charge in [-0.2, -0.15) is 0 Å². The maximum absolute atomic E-state index is 13.4. The number of benzene rings is 1. The number of nitrogens with zero attached hydrogens (tertiary/aromatic N) is 4. The molecular formula is C20H21ClN4O3. The zero-order chi connectivity index (χ0) is 20.6. The third kappa shape index (κ3) is 3.45. The van der Waals surface area contributed by atoms with E-state index in [0.29, 0.717) is 17.0 Å². The lowest BCUT2D eigenvalue weighted by Crippen LogP contribution is -2.47. The minimum Gasteiger partial charge on any atom is -0.465 e. The molecule has 2 heterocycles. The Hall–Kier alpha value is -2.93. The highest BCUT2D eigenvalue weighted by Gasteiger charge is 2.34. The third-order valence-corrected chi connectivity index (χ3v) is 4.78. The summed E-state index contributed by atoms with van der Waals surface area (Å²) in [5.41, 5.74) is -0.169. The first-order chi connectivity index (χ1) is 13.1. The van der Waals surface area contributed by atoms with E-state index < -0.39 is 17.7 Å². The van der Waals surface area contributed by atoms with E-state index in [1.54, 1.807) is 64.2 Å². The molecule has 0 saturated carbocycles. The van der Waals surface area contributed by atoms with E-state index >= 15 is 0 Å². The van der Waals surface area contributed by atoms with Gasteiger partial charge in [-0.15, -0.1) is 0 Å². The summed E-state index contributed by atoms with van der Waals surface area (Å²) in [6.45, 7) is 7.09. The number of hydrogen-bond acceptors (Lipinski definition) is 4. The van der Waals surface area contributed by atoms with Gasteiger partial charge in [-0.25, -0.2) is 9.78 Å². The fraction of sp³-hybridized carbons (Fsp3) is 0.300. The smallest absolute Gasteiger partial charge is 0.408 e. The van der Waals surface area contributed by atoms with Crippen LogP contribution in [0.2, 0.25) is 5.02 Å². The molecule has 0 bridgehead atoms. The molecule has 1 aromatic carbocycles. The van der Waals surface area contributed by atoms with E-state index in [2.05, 4.69) is 9.97 Å². The van der Waals surface area contributed by atoms with Crippen LogP contribution in [0.4, 0.5) is 4.79 Å². The van der Waals surface area contributed by atoms with Crippen molar-refractivity contribution in [2.75, 3.05) is 0 Å². The molecule has 0 aliphatic rings. The molecule has 3 aromatic rings. The van der Waals surface area contributed by atoms with Crippen LogP contribution in [0.1, 0.15) is 39.6 Å². The summed E-state index contributed by atoms with van der Waals surface area (Å²) in [4.78, 5) is 35.3. The number of aromatic nitrogens is 3. The average molecular weight is 401 g/mol. The van der Waals surface area contributed by atoms with Crippen LogP contribution in [-0.4, -0.2) is 36.2 Å². The molecule has 1 unspecified atom stereocenters. The van der Waals surface area contributed by atoms with Crippen molar-refractivity contribution < 1.29 is 9.90 Å². The van der Waals surface area contributed by atoms with Gasteiger partial charge < -0.3 is 5.11 Å². The minimum absolute atomic E-state index is 0.279. The second-order valence-electron chi connectivity index (χ2n) is 7.46. The van der Waals surface area contributed by atoms with Gasteiger partial charge in [-0.05, 0) is 52.0 Å². The molecule has 0 aliphatic heterocycles. The van der Waals surface area contributed by atoms with Gasteiger partial charge in [-0.1, -0.05) is 17.7 Å². The summed E-state index contributed by atoms with van der Waals surface area (Å²) in [5, 5.41) is 10.4. The van der Waals surface area contributed by atoms with E-state index in [4.69, 9.17) is 11.6 Å². The number of carbonyl (C=O) groups is 1. The van der Waals surface area contributed by atoms with Crippen LogP contribution in [0.3, 0.4) is 0 Å². The van der Waals surface area contributed by atoms with Gasteiger partial charge >= 0.3 is 6.09 Å². The van der Waals surface area contributed by atoms with Gasteiger partial charge in [0.25, 0.3) is 5.56 Å². The SMILES string of the molecule is CC(c1nc2cccc(Cl)c2c(=O)n1-c1cccnc1)N(C(=O)O)C(C)(C)C. The van der Waals surface area contributed by atoms with Gasteiger partial charge in [0.2, 0.25) is 0 Å². The highest BCUT2D eigenvalue weighted by atomic mass is 35.5. The molecule has 1 amide bonds. The monoisotopic (exact) mass is 400 g/mol. The summed E-state index contributed by atoms with van der Waals surface area (Å²) in [6, 6.07) is 7.74. The Balaban J connectivity index is 2.39. The Bertz CT molecular complexity index is 1090. The number of amides is 1. The van der Waals surface area contributed by atoms with Crippen LogP contribution < -0.4 is 5.56 Å². The lowest BCUT2D eigenvalue weighted by Gasteiger charge is -2.38. The molecule has 0 fully saturated rings. The number of pyridine rings is 1. The molecule has 0 spiro atoms. The topological polar surface area (TPSA) is 88.3 Å². The first-order valence-electron chi connectivity index (χ1n) is 8.76. The quantitative estimate of drug-likeness (QED) is 0.709. The molecule has 0 radical (unpaired) electrons. The molecule has 1 N–H and O–H groups in total. The van der Waals surface area contributed by atoms with Crippen LogP contribution in [0, 0.1) is 0 Å². The lowest BCUT2D eigenvalue weighted by atomic mass is 10.0. The van der Waals surface area contributed by atoms with Crippen LogP contribution >= 0.6 is 11.6 Å². The van der Waals surface area contributed by atoms with Gasteiger partial charge in [0.15, 0.2) is 0 Å². The molecular weight excluding hydrogens is 380 g/mol. The van der Waals surface area contributed by atoms with E-state index in [9.17, 15) is 14.7 Å². The Labute approximate surface area is 167 Å². The molecule has 7 nitrogen and oxygen atoms in total. The van der Waals surface area contributed by atoms with Crippen molar-refractivity contribution in [2.45, 2.75) is 39.3 Å². The van der Waals surface area contributed by atoms with Crippen molar-refractivity contribution in [3.05, 3.63) is 63.9 Å². The zero-order valence-corrected chi connectivity index (χ0v) is 16.8. The summed E-state index contributed by atoms with van der Waals surface area (Å²) in [7, 11) is 0. The minimum atomic E-state index is -1.10. The van der Waals surface area contributed by atoms with Crippen molar-refractivity contribution in [2.24, 2.45) is 0 Å². The van der Waals surface area contributed by atoms with Crippen molar-refractivity contribution in [3.63, 3.8) is 0 Å². The van der Waals surface area contributed by atoms with E-state index in [0.717, 1.165) is 0 Å². The predicted molar refractivity (Wildman–Crippen MR) is 108 cm³/mol. The molecule has 0 saturated heterocycles. The van der Waals surface area contributed by atoms with E-state index in [1.807, 2.05) is 0 Å². The number of rotatable bonds is 3. The lowest BCUT2D eigenvalue weighted by molar-refractivity contribution is 0.0719. The number of halogens is 1. The van der Waals surface area contributed by atoms with Crippen molar-refractivity contribution in [1.82, 2.24) is 19.4 Å². The summed E-state index contributed by atoms with van der Waals surface area (Å²) < 4.78 is 1.38. The summed E-state index contributed by atoms with van der Waals surface area (Å²) in [6.07, 6.45) is 2.03. The number of fused-ring (bicyclic) bond motifs is 1. The molecule has 3 rings (SSSR count). The Kier molecular flexibility index (Phi) is 5.12. The number of carboxylic acid groups (broad SMARTS) is 1. The Morgan fingerprint density at radius 1 is 1.25 bits per heavy atom. The maximum Gasteiger partial charge on any atom is 0.408 e. The van der Waals surface area contributed by atoms with Crippen LogP contribution in [0.25, 0.3) is 16.6 Å². The predicted octanol–water partition coefficient (Wildman–Crippen LogP) is 4.27.